The maximum Gasteiger partial charge on any atom is 0.261 e. The lowest BCUT2D eigenvalue weighted by Crippen LogP contribution is -2.42. The summed E-state index contributed by atoms with van der Waals surface area (Å²) in [5, 5.41) is 3.81. The van der Waals surface area contributed by atoms with Crippen LogP contribution in [0.3, 0.4) is 0 Å². The molecule has 6 nitrogen and oxygen atoms in total. The minimum atomic E-state index is -0.0757. The van der Waals surface area contributed by atoms with Crippen LogP contribution in [-0.2, 0) is 11.3 Å². The van der Waals surface area contributed by atoms with Gasteiger partial charge in [-0.25, -0.2) is 4.98 Å². The van der Waals surface area contributed by atoms with E-state index in [1.807, 2.05) is 31.0 Å². The number of amides is 1. The van der Waals surface area contributed by atoms with Crippen molar-refractivity contribution in [1.82, 2.24) is 19.8 Å². The van der Waals surface area contributed by atoms with Crippen LogP contribution in [0.1, 0.15) is 24.8 Å². The molecule has 7 heteroatoms. The molecular weight excluding hydrogens is 352 g/mol. The van der Waals surface area contributed by atoms with E-state index in [2.05, 4.69) is 10.3 Å². The molecule has 1 amide bonds. The fourth-order valence-electron chi connectivity index (χ4n) is 3.62. The number of rotatable bonds is 5. The first-order chi connectivity index (χ1) is 12.1. The quantitative estimate of drug-likeness (QED) is 0.863. The van der Waals surface area contributed by atoms with Crippen LogP contribution in [0.4, 0.5) is 0 Å². The molecule has 0 spiro atoms. The number of hydrogen-bond acceptors (Lipinski definition) is 4. The molecule has 0 aliphatic carbocycles. The van der Waals surface area contributed by atoms with E-state index in [0.717, 1.165) is 43.6 Å². The van der Waals surface area contributed by atoms with Gasteiger partial charge in [0.1, 0.15) is 0 Å². The third-order valence-corrected chi connectivity index (χ3v) is 4.99. The molecule has 1 fully saturated rings. The number of carbonyl (C=O) groups excluding carboxylic acids is 1. The van der Waals surface area contributed by atoms with Crippen molar-refractivity contribution in [2.45, 2.75) is 32.7 Å². The van der Waals surface area contributed by atoms with Gasteiger partial charge in [-0.2, -0.15) is 0 Å². The smallest absolute Gasteiger partial charge is 0.261 e. The Morgan fingerprint density at radius 3 is 2.96 bits per heavy atom. The first-order valence-electron chi connectivity index (χ1n) is 8.97. The largest absolute Gasteiger partial charge is 0.342 e. The third-order valence-electron chi connectivity index (χ3n) is 4.99. The van der Waals surface area contributed by atoms with E-state index in [1.54, 1.807) is 17.0 Å². The highest BCUT2D eigenvalue weighted by atomic mass is 35.5. The summed E-state index contributed by atoms with van der Waals surface area (Å²) in [6.07, 6.45) is 4.11. The van der Waals surface area contributed by atoms with E-state index in [-0.39, 0.29) is 23.9 Å². The van der Waals surface area contributed by atoms with Gasteiger partial charge in [0.25, 0.3) is 5.56 Å². The molecule has 1 aliphatic rings. The van der Waals surface area contributed by atoms with Gasteiger partial charge in [-0.1, -0.05) is 12.1 Å². The van der Waals surface area contributed by atoms with Crippen LogP contribution in [-0.4, -0.2) is 47.0 Å². The second kappa shape index (κ2) is 9.14. The molecule has 1 atom stereocenters. The molecule has 1 unspecified atom stereocenters. The van der Waals surface area contributed by atoms with E-state index in [0.29, 0.717) is 24.3 Å². The minimum absolute atomic E-state index is 0. The highest BCUT2D eigenvalue weighted by Gasteiger charge is 2.23. The second-order valence-electron chi connectivity index (χ2n) is 6.87. The molecule has 1 aromatic heterocycles. The molecule has 3 rings (SSSR count). The van der Waals surface area contributed by atoms with Crippen molar-refractivity contribution in [2.24, 2.45) is 5.92 Å². The summed E-state index contributed by atoms with van der Waals surface area (Å²) in [7, 11) is 1.95. The number of piperidine rings is 1. The predicted octanol–water partition coefficient (Wildman–Crippen LogP) is 1.97. The molecule has 1 saturated heterocycles. The molecule has 0 saturated carbocycles. The summed E-state index contributed by atoms with van der Waals surface area (Å²) in [4.78, 5) is 31.5. The number of hydrogen-bond donors (Lipinski definition) is 1. The Balaban J connectivity index is 0.00000243. The zero-order valence-corrected chi connectivity index (χ0v) is 16.2. The van der Waals surface area contributed by atoms with Gasteiger partial charge >= 0.3 is 0 Å². The average molecular weight is 379 g/mol. The van der Waals surface area contributed by atoms with Gasteiger partial charge in [-0.3, -0.25) is 14.2 Å². The number of aryl methyl sites for hydroxylation is 2. The SMILES string of the molecule is CNCC1CCCN(C(=O)CCn2cnc3c(C)cccc3c2=O)C1.Cl. The molecule has 142 valence electrons. The summed E-state index contributed by atoms with van der Waals surface area (Å²) >= 11 is 0. The van der Waals surface area contributed by atoms with Crippen LogP contribution >= 0.6 is 12.4 Å². The van der Waals surface area contributed by atoms with Gasteiger partial charge < -0.3 is 10.2 Å². The Bertz CT molecular complexity index is 819. The zero-order chi connectivity index (χ0) is 17.8. The molecular formula is C19H27ClN4O2. The number of fused-ring (bicyclic) bond motifs is 1. The van der Waals surface area contributed by atoms with E-state index in [1.165, 1.54) is 0 Å². The van der Waals surface area contributed by atoms with E-state index in [9.17, 15) is 9.59 Å². The van der Waals surface area contributed by atoms with Crippen molar-refractivity contribution in [3.8, 4) is 0 Å². The molecule has 2 heterocycles. The Kier molecular flexibility index (Phi) is 7.17. The maximum atomic E-state index is 12.6. The van der Waals surface area contributed by atoms with Crippen molar-refractivity contribution in [1.29, 1.82) is 0 Å². The van der Waals surface area contributed by atoms with E-state index in [4.69, 9.17) is 0 Å². The number of nitrogens with zero attached hydrogens (tertiary/aromatic N) is 3. The molecule has 0 bridgehead atoms. The lowest BCUT2D eigenvalue weighted by Gasteiger charge is -2.32. The van der Waals surface area contributed by atoms with Crippen molar-refractivity contribution in [3.05, 3.63) is 40.4 Å². The lowest BCUT2D eigenvalue weighted by atomic mass is 9.98. The first-order valence-corrected chi connectivity index (χ1v) is 8.97. The monoisotopic (exact) mass is 378 g/mol. The number of halogens is 1. The second-order valence-corrected chi connectivity index (χ2v) is 6.87. The Labute approximate surface area is 160 Å². The number of carbonyl (C=O) groups is 1. The predicted molar refractivity (Wildman–Crippen MR) is 106 cm³/mol. The van der Waals surface area contributed by atoms with Crippen LogP contribution in [0, 0.1) is 12.8 Å². The van der Waals surface area contributed by atoms with Crippen molar-refractivity contribution in [3.63, 3.8) is 0 Å². The van der Waals surface area contributed by atoms with E-state index >= 15 is 0 Å². The third kappa shape index (κ3) is 4.43. The van der Waals surface area contributed by atoms with Gasteiger partial charge in [-0.15, -0.1) is 12.4 Å². The van der Waals surface area contributed by atoms with Gasteiger partial charge in [0.15, 0.2) is 0 Å². The standard InChI is InChI=1S/C19H26N4O2.ClH/c1-14-5-3-7-16-18(14)21-13-23(19(16)25)10-8-17(24)22-9-4-6-15(12-22)11-20-2;/h3,5,7,13,15,20H,4,6,8-12H2,1-2H3;1H. The number of aromatic nitrogens is 2. The van der Waals surface area contributed by atoms with Crippen LogP contribution < -0.4 is 10.9 Å². The van der Waals surface area contributed by atoms with Gasteiger partial charge in [0.2, 0.25) is 5.91 Å². The Hall–Kier alpha value is -1.92. The highest BCUT2D eigenvalue weighted by molar-refractivity contribution is 5.85. The number of benzene rings is 1. The van der Waals surface area contributed by atoms with Gasteiger partial charge in [0, 0.05) is 26.1 Å². The van der Waals surface area contributed by atoms with Crippen molar-refractivity contribution < 1.29 is 4.79 Å². The van der Waals surface area contributed by atoms with Crippen LogP contribution in [0.2, 0.25) is 0 Å². The summed E-state index contributed by atoms with van der Waals surface area (Å²) in [5.41, 5.74) is 1.65. The number of para-hydroxylation sites is 1. The summed E-state index contributed by atoms with van der Waals surface area (Å²) in [6, 6.07) is 5.61. The molecule has 2 aromatic rings. The van der Waals surface area contributed by atoms with Gasteiger partial charge in [-0.05, 0) is 50.9 Å². The molecule has 26 heavy (non-hydrogen) atoms. The lowest BCUT2D eigenvalue weighted by molar-refractivity contribution is -0.133. The molecule has 1 aliphatic heterocycles. The summed E-state index contributed by atoms with van der Waals surface area (Å²) in [6.45, 7) is 4.90. The minimum Gasteiger partial charge on any atom is -0.342 e. The van der Waals surface area contributed by atoms with Crippen LogP contribution in [0.15, 0.2) is 29.3 Å². The molecule has 1 N–H and O–H groups in total. The number of likely N-dealkylation sites (tertiary alicyclic amines) is 1. The maximum absolute atomic E-state index is 12.6. The average Bonchev–Trinajstić information content (AvgIpc) is 2.62. The topological polar surface area (TPSA) is 67.2 Å². The first kappa shape index (κ1) is 20.4. The number of nitrogens with one attached hydrogen (secondary N) is 1. The summed E-state index contributed by atoms with van der Waals surface area (Å²) < 4.78 is 1.55. The zero-order valence-electron chi connectivity index (χ0n) is 15.4. The molecule has 0 radical (unpaired) electrons. The highest BCUT2D eigenvalue weighted by Crippen LogP contribution is 2.17. The van der Waals surface area contributed by atoms with Crippen LogP contribution in [0.5, 0.6) is 0 Å². The van der Waals surface area contributed by atoms with Crippen molar-refractivity contribution >= 4 is 29.2 Å². The van der Waals surface area contributed by atoms with Gasteiger partial charge in [0.05, 0.1) is 17.2 Å². The fourth-order valence-corrected chi connectivity index (χ4v) is 3.62. The Morgan fingerprint density at radius 2 is 2.19 bits per heavy atom. The van der Waals surface area contributed by atoms with Crippen molar-refractivity contribution in [2.75, 3.05) is 26.7 Å². The normalized spacial score (nSPS) is 17.2. The Morgan fingerprint density at radius 1 is 1.38 bits per heavy atom. The summed E-state index contributed by atoms with van der Waals surface area (Å²) in [5.74, 6) is 0.646. The van der Waals surface area contributed by atoms with Crippen LogP contribution in [0.25, 0.3) is 10.9 Å². The van der Waals surface area contributed by atoms with E-state index < -0.39 is 0 Å². The molecule has 1 aromatic carbocycles. The fraction of sp³-hybridized carbons (Fsp3) is 0.526.